The number of hydrogen-bond acceptors (Lipinski definition) is 1. The number of aromatic nitrogens is 2. The number of rotatable bonds is 5. The predicted octanol–water partition coefficient (Wildman–Crippen LogP) is 15.2. The van der Waals surface area contributed by atoms with Gasteiger partial charge in [0.15, 0.2) is 0 Å². The van der Waals surface area contributed by atoms with Crippen LogP contribution in [0.25, 0.3) is 109 Å². The van der Waals surface area contributed by atoms with Gasteiger partial charge in [-0.05, 0) is 64.7 Å². The molecule has 0 saturated heterocycles. The molecule has 3 heteroatoms. The Kier molecular flexibility index (Phi) is 7.13. The Morgan fingerprint density at radius 1 is 0.281 bits per heavy atom. The molecule has 12 rings (SSSR count). The van der Waals surface area contributed by atoms with Gasteiger partial charge >= 0.3 is 0 Å². The second kappa shape index (κ2) is 12.7. The van der Waals surface area contributed by atoms with E-state index in [0.717, 1.165) is 11.4 Å². The molecule has 0 aliphatic heterocycles. The smallest absolute Gasteiger partial charge is 0.0620 e. The molecule has 0 saturated carbocycles. The van der Waals surface area contributed by atoms with Crippen molar-refractivity contribution in [3.05, 3.63) is 206 Å². The quantitative estimate of drug-likeness (QED) is 0.166. The highest BCUT2D eigenvalue weighted by atomic mass is 32.1. The lowest BCUT2D eigenvalue weighted by Gasteiger charge is -2.15. The first kappa shape index (κ1) is 32.1. The van der Waals surface area contributed by atoms with Crippen LogP contribution in [-0.2, 0) is 0 Å². The van der Waals surface area contributed by atoms with Gasteiger partial charge in [0.1, 0.15) is 0 Å². The van der Waals surface area contributed by atoms with Gasteiger partial charge in [0.05, 0.1) is 22.1 Å². The van der Waals surface area contributed by atoms with Crippen molar-refractivity contribution in [3.8, 4) is 44.8 Å². The van der Waals surface area contributed by atoms with Crippen LogP contribution in [0.3, 0.4) is 0 Å². The topological polar surface area (TPSA) is 9.86 Å². The van der Waals surface area contributed by atoms with E-state index in [0.29, 0.717) is 0 Å². The van der Waals surface area contributed by atoms with E-state index in [1.807, 2.05) is 11.3 Å². The molecule has 0 radical (unpaired) electrons. The Hall–Kier alpha value is -7.20. The van der Waals surface area contributed by atoms with Crippen molar-refractivity contribution in [2.24, 2.45) is 0 Å². The van der Waals surface area contributed by atoms with Crippen LogP contribution in [0.4, 0.5) is 0 Å². The van der Waals surface area contributed by atoms with Crippen molar-refractivity contribution < 1.29 is 0 Å². The molecule has 3 heterocycles. The highest BCUT2D eigenvalue weighted by molar-refractivity contribution is 7.26. The molecular weight excluding hydrogens is 709 g/mol. The predicted molar refractivity (Wildman–Crippen MR) is 244 cm³/mol. The molecule has 0 N–H and O–H groups in total. The normalized spacial score (nSPS) is 11.9. The minimum absolute atomic E-state index is 1.14. The first-order valence-electron chi connectivity index (χ1n) is 19.5. The maximum absolute atomic E-state index is 2.47. The molecule has 0 bridgehead atoms. The van der Waals surface area contributed by atoms with Crippen LogP contribution >= 0.6 is 11.3 Å². The number of para-hydroxylation sites is 5. The minimum atomic E-state index is 1.14. The zero-order chi connectivity index (χ0) is 37.5. The van der Waals surface area contributed by atoms with Crippen molar-refractivity contribution >= 4 is 75.1 Å². The summed E-state index contributed by atoms with van der Waals surface area (Å²) >= 11 is 1.88. The van der Waals surface area contributed by atoms with Gasteiger partial charge in [-0.25, -0.2) is 0 Å². The van der Waals surface area contributed by atoms with Crippen LogP contribution in [0, 0.1) is 0 Å². The summed E-state index contributed by atoms with van der Waals surface area (Å²) in [5, 5.41) is 7.67. The summed E-state index contributed by atoms with van der Waals surface area (Å²) in [4.78, 5) is 0. The van der Waals surface area contributed by atoms with Gasteiger partial charge in [0.25, 0.3) is 0 Å². The minimum Gasteiger partial charge on any atom is -0.309 e. The Bertz CT molecular complexity index is 3490. The van der Waals surface area contributed by atoms with Crippen molar-refractivity contribution in [2.45, 2.75) is 0 Å². The monoisotopic (exact) mass is 742 g/mol. The molecule has 266 valence electrons. The van der Waals surface area contributed by atoms with E-state index in [1.54, 1.807) is 0 Å². The molecule has 3 aromatic heterocycles. The van der Waals surface area contributed by atoms with E-state index >= 15 is 0 Å². The fraction of sp³-hybridized carbons (Fsp3) is 0. The van der Waals surface area contributed by atoms with Gasteiger partial charge in [-0.2, -0.15) is 0 Å². The average molecular weight is 743 g/mol. The van der Waals surface area contributed by atoms with Crippen molar-refractivity contribution in [3.63, 3.8) is 0 Å². The second-order valence-electron chi connectivity index (χ2n) is 14.8. The van der Waals surface area contributed by atoms with Crippen LogP contribution in [0.2, 0.25) is 0 Å². The van der Waals surface area contributed by atoms with Gasteiger partial charge in [0, 0.05) is 64.2 Å². The van der Waals surface area contributed by atoms with E-state index in [1.165, 1.54) is 97.2 Å². The Morgan fingerprint density at radius 3 is 1.33 bits per heavy atom. The molecule has 2 nitrogen and oxygen atoms in total. The largest absolute Gasteiger partial charge is 0.309 e. The van der Waals surface area contributed by atoms with Crippen LogP contribution < -0.4 is 0 Å². The Morgan fingerprint density at radius 2 is 0.719 bits per heavy atom. The summed E-state index contributed by atoms with van der Waals surface area (Å²) in [7, 11) is 0. The van der Waals surface area contributed by atoms with E-state index < -0.39 is 0 Å². The molecule has 9 aromatic carbocycles. The molecule has 0 aliphatic carbocycles. The molecule has 0 atom stereocenters. The fourth-order valence-corrected chi connectivity index (χ4v) is 10.4. The standard InChI is InChI=1S/C54H34N2S/c1-2-13-38(14-3-1)55-49-24-7-4-15-41(49)44-19-11-21-46(52(44)55)47-22-12-20-45-42-16-5-8-25-50(42)56(53(45)47)39-33-31-36(32-34-39)35-27-29-37(30-28-35)40-18-10-23-48-43-17-6-9-26-51(43)57-54(40)48/h1-34H. The van der Waals surface area contributed by atoms with Crippen molar-refractivity contribution in [1.82, 2.24) is 9.13 Å². The first-order valence-corrected chi connectivity index (χ1v) is 20.3. The fourth-order valence-electron chi connectivity index (χ4n) is 9.20. The number of thiophene rings is 1. The summed E-state index contributed by atoms with van der Waals surface area (Å²) in [5.74, 6) is 0. The Balaban J connectivity index is 1.00. The van der Waals surface area contributed by atoms with Gasteiger partial charge in [0.2, 0.25) is 0 Å². The molecule has 57 heavy (non-hydrogen) atoms. The van der Waals surface area contributed by atoms with E-state index in [4.69, 9.17) is 0 Å². The van der Waals surface area contributed by atoms with E-state index in [9.17, 15) is 0 Å². The molecule has 0 fully saturated rings. The number of hydrogen-bond donors (Lipinski definition) is 0. The SMILES string of the molecule is c1ccc(-n2c3ccccc3c3cccc(-c4cccc5c6ccccc6n(-c6ccc(-c7ccc(-c8cccc9c8sc8ccccc89)cc7)cc6)c45)c32)cc1. The van der Waals surface area contributed by atoms with Crippen LogP contribution in [0.15, 0.2) is 206 Å². The highest BCUT2D eigenvalue weighted by Crippen LogP contribution is 2.44. The lowest BCUT2D eigenvalue weighted by atomic mass is 9.98. The lowest BCUT2D eigenvalue weighted by Crippen LogP contribution is -1.98. The average Bonchev–Trinajstić information content (AvgIpc) is 3.95. The molecule has 0 amide bonds. The second-order valence-corrected chi connectivity index (χ2v) is 15.9. The zero-order valence-corrected chi connectivity index (χ0v) is 31.7. The zero-order valence-electron chi connectivity index (χ0n) is 30.9. The molecule has 0 spiro atoms. The van der Waals surface area contributed by atoms with Crippen LogP contribution in [-0.4, -0.2) is 9.13 Å². The maximum Gasteiger partial charge on any atom is 0.0620 e. The highest BCUT2D eigenvalue weighted by Gasteiger charge is 2.21. The van der Waals surface area contributed by atoms with Gasteiger partial charge in [-0.1, -0.05) is 164 Å². The van der Waals surface area contributed by atoms with Gasteiger partial charge in [-0.3, -0.25) is 0 Å². The van der Waals surface area contributed by atoms with Crippen molar-refractivity contribution in [2.75, 3.05) is 0 Å². The lowest BCUT2D eigenvalue weighted by molar-refractivity contribution is 1.17. The summed E-state index contributed by atoms with van der Waals surface area (Å²) in [6.07, 6.45) is 0. The van der Waals surface area contributed by atoms with Crippen LogP contribution in [0.1, 0.15) is 0 Å². The Labute approximate surface area is 333 Å². The molecular formula is C54H34N2S. The molecule has 0 unspecified atom stereocenters. The summed E-state index contributed by atoms with van der Waals surface area (Å²) in [5.41, 5.74) is 14.5. The third-order valence-corrected chi connectivity index (χ3v) is 13.0. The third-order valence-electron chi connectivity index (χ3n) is 11.8. The summed E-state index contributed by atoms with van der Waals surface area (Å²) in [6, 6.07) is 75.5. The maximum atomic E-state index is 2.47. The van der Waals surface area contributed by atoms with E-state index in [-0.39, 0.29) is 0 Å². The van der Waals surface area contributed by atoms with E-state index in [2.05, 4.69) is 215 Å². The summed E-state index contributed by atoms with van der Waals surface area (Å²) < 4.78 is 7.58. The number of benzene rings is 9. The first-order chi connectivity index (χ1) is 28.3. The number of fused-ring (bicyclic) bond motifs is 9. The number of nitrogens with zero attached hydrogens (tertiary/aromatic N) is 2. The van der Waals surface area contributed by atoms with Gasteiger partial charge < -0.3 is 9.13 Å². The van der Waals surface area contributed by atoms with Crippen LogP contribution in [0.5, 0.6) is 0 Å². The third kappa shape index (κ3) is 4.89. The molecule has 0 aliphatic rings. The van der Waals surface area contributed by atoms with Crippen molar-refractivity contribution in [1.29, 1.82) is 0 Å². The van der Waals surface area contributed by atoms with Gasteiger partial charge in [-0.15, -0.1) is 11.3 Å². The summed E-state index contributed by atoms with van der Waals surface area (Å²) in [6.45, 7) is 0. The molecule has 12 aromatic rings.